The van der Waals surface area contributed by atoms with Gasteiger partial charge in [-0.05, 0) is 31.7 Å². The maximum Gasteiger partial charge on any atom is 0.328 e. The average Bonchev–Trinajstić information content (AvgIpc) is 2.42. The third-order valence-corrected chi connectivity index (χ3v) is 3.35. The predicted octanol–water partition coefficient (Wildman–Crippen LogP) is 2.26. The van der Waals surface area contributed by atoms with Crippen LogP contribution in [-0.4, -0.2) is 9.55 Å². The van der Waals surface area contributed by atoms with Gasteiger partial charge in [0.25, 0.3) is 5.56 Å². The second-order valence-corrected chi connectivity index (χ2v) is 5.04. The molecule has 0 aliphatic carbocycles. The van der Waals surface area contributed by atoms with Gasteiger partial charge in [-0.1, -0.05) is 36.8 Å². The third kappa shape index (κ3) is 3.95. The number of nitrogens with zero attached hydrogens (tertiary/aromatic N) is 1. The molecule has 0 aliphatic rings. The molecule has 0 atom stereocenters. The monoisotopic (exact) mass is 272 g/mol. The van der Waals surface area contributed by atoms with Crippen LogP contribution in [0.2, 0.25) is 0 Å². The van der Waals surface area contributed by atoms with Crippen molar-refractivity contribution in [1.82, 2.24) is 9.55 Å². The zero-order valence-corrected chi connectivity index (χ0v) is 11.8. The molecule has 0 bridgehead atoms. The summed E-state index contributed by atoms with van der Waals surface area (Å²) in [7, 11) is 0. The summed E-state index contributed by atoms with van der Waals surface area (Å²) in [6.07, 6.45) is 3.97. The van der Waals surface area contributed by atoms with Crippen molar-refractivity contribution in [3.8, 4) is 0 Å². The lowest BCUT2D eigenvalue weighted by molar-refractivity contribution is 0.552. The highest BCUT2D eigenvalue weighted by Gasteiger charge is 2.01. The summed E-state index contributed by atoms with van der Waals surface area (Å²) < 4.78 is 1.27. The van der Waals surface area contributed by atoms with Gasteiger partial charge in [0.1, 0.15) is 0 Å². The van der Waals surface area contributed by atoms with E-state index in [2.05, 4.69) is 17.1 Å². The lowest BCUT2D eigenvalue weighted by Gasteiger charge is -2.05. The van der Waals surface area contributed by atoms with Crippen molar-refractivity contribution in [2.75, 3.05) is 0 Å². The number of aryl methyl sites for hydroxylation is 2. The fourth-order valence-corrected chi connectivity index (χ4v) is 2.27. The Bertz CT molecular complexity index is 625. The molecule has 0 saturated heterocycles. The molecule has 0 amide bonds. The van der Waals surface area contributed by atoms with E-state index in [1.54, 1.807) is 6.92 Å². The molecule has 0 saturated carbocycles. The van der Waals surface area contributed by atoms with Crippen LogP contribution in [0, 0.1) is 6.92 Å². The van der Waals surface area contributed by atoms with Crippen molar-refractivity contribution >= 4 is 0 Å². The highest BCUT2D eigenvalue weighted by molar-refractivity contribution is 5.14. The largest absolute Gasteiger partial charge is 0.328 e. The van der Waals surface area contributed by atoms with Gasteiger partial charge < -0.3 is 4.98 Å². The Morgan fingerprint density at radius 2 is 1.80 bits per heavy atom. The molecule has 0 aliphatic heterocycles. The van der Waals surface area contributed by atoms with Gasteiger partial charge in [-0.25, -0.2) is 4.79 Å². The fraction of sp³-hybridized carbons (Fsp3) is 0.375. The van der Waals surface area contributed by atoms with Crippen LogP contribution in [0.3, 0.4) is 0 Å². The van der Waals surface area contributed by atoms with E-state index in [-0.39, 0.29) is 11.2 Å². The van der Waals surface area contributed by atoms with E-state index in [1.807, 2.05) is 18.2 Å². The second-order valence-electron chi connectivity index (χ2n) is 5.04. The molecule has 1 aromatic carbocycles. The van der Waals surface area contributed by atoms with E-state index in [0.29, 0.717) is 12.2 Å². The average molecular weight is 272 g/mol. The molecule has 0 unspecified atom stereocenters. The highest BCUT2D eigenvalue weighted by atomic mass is 16.2. The van der Waals surface area contributed by atoms with Gasteiger partial charge in [-0.2, -0.15) is 0 Å². The Hall–Kier alpha value is -2.10. The van der Waals surface area contributed by atoms with Crippen molar-refractivity contribution in [2.24, 2.45) is 0 Å². The molecule has 0 fully saturated rings. The quantitative estimate of drug-likeness (QED) is 0.820. The summed E-state index contributed by atoms with van der Waals surface area (Å²) in [5, 5.41) is 0. The zero-order chi connectivity index (χ0) is 14.4. The lowest BCUT2D eigenvalue weighted by Crippen LogP contribution is -2.35. The van der Waals surface area contributed by atoms with Crippen LogP contribution in [0.15, 0.2) is 46.0 Å². The van der Waals surface area contributed by atoms with Crippen molar-refractivity contribution in [2.45, 2.75) is 39.2 Å². The van der Waals surface area contributed by atoms with E-state index < -0.39 is 0 Å². The molecule has 2 aromatic rings. The summed E-state index contributed by atoms with van der Waals surface area (Å²) in [5.41, 5.74) is 1.42. The number of aromatic amines is 1. The first-order valence-corrected chi connectivity index (χ1v) is 7.01. The molecular formula is C16H20N2O2. The number of nitrogens with one attached hydrogen (secondary N) is 1. The van der Waals surface area contributed by atoms with Crippen LogP contribution in [-0.2, 0) is 13.0 Å². The standard InChI is InChI=1S/C16H20N2O2/c1-13-12-15(19)18(16(20)17-13)11-7-3-6-10-14-8-4-2-5-9-14/h2,4-5,8-9,12H,3,6-7,10-11H2,1H3,(H,17,20). The molecule has 0 spiro atoms. The Balaban J connectivity index is 1.80. The molecule has 0 radical (unpaired) electrons. The van der Waals surface area contributed by atoms with E-state index in [0.717, 1.165) is 25.7 Å². The van der Waals surface area contributed by atoms with E-state index in [1.165, 1.54) is 16.2 Å². The number of H-pyrrole nitrogens is 1. The number of hydrogen-bond acceptors (Lipinski definition) is 2. The Morgan fingerprint density at radius 3 is 2.50 bits per heavy atom. The van der Waals surface area contributed by atoms with Crippen LogP contribution >= 0.6 is 0 Å². The SMILES string of the molecule is Cc1cc(=O)n(CCCCCc2ccccc2)c(=O)[nH]1. The van der Waals surface area contributed by atoms with Crippen LogP contribution in [0.25, 0.3) is 0 Å². The predicted molar refractivity (Wildman–Crippen MR) is 80.1 cm³/mol. The minimum absolute atomic E-state index is 0.214. The summed E-state index contributed by atoms with van der Waals surface area (Å²) >= 11 is 0. The van der Waals surface area contributed by atoms with Crippen LogP contribution in [0.1, 0.15) is 30.5 Å². The van der Waals surface area contributed by atoms with Gasteiger partial charge >= 0.3 is 5.69 Å². The molecule has 4 heteroatoms. The molecule has 2 rings (SSSR count). The second kappa shape index (κ2) is 6.89. The van der Waals surface area contributed by atoms with Gasteiger partial charge in [-0.15, -0.1) is 0 Å². The summed E-state index contributed by atoms with van der Waals surface area (Å²) in [6.45, 7) is 2.20. The maximum atomic E-state index is 11.7. The summed E-state index contributed by atoms with van der Waals surface area (Å²) in [4.78, 5) is 26.0. The summed E-state index contributed by atoms with van der Waals surface area (Å²) in [6, 6.07) is 11.8. The van der Waals surface area contributed by atoms with Crippen molar-refractivity contribution < 1.29 is 0 Å². The number of hydrogen-bond donors (Lipinski definition) is 1. The molecule has 106 valence electrons. The first-order valence-electron chi connectivity index (χ1n) is 7.01. The molecular weight excluding hydrogens is 252 g/mol. The topological polar surface area (TPSA) is 54.9 Å². The van der Waals surface area contributed by atoms with Gasteiger partial charge in [0.15, 0.2) is 0 Å². The fourth-order valence-electron chi connectivity index (χ4n) is 2.27. The van der Waals surface area contributed by atoms with Crippen LogP contribution in [0.5, 0.6) is 0 Å². The normalized spacial score (nSPS) is 10.7. The third-order valence-electron chi connectivity index (χ3n) is 3.35. The van der Waals surface area contributed by atoms with Gasteiger partial charge in [-0.3, -0.25) is 9.36 Å². The Kier molecular flexibility index (Phi) is 4.93. The lowest BCUT2D eigenvalue weighted by atomic mass is 10.1. The van der Waals surface area contributed by atoms with E-state index in [9.17, 15) is 9.59 Å². The van der Waals surface area contributed by atoms with E-state index >= 15 is 0 Å². The van der Waals surface area contributed by atoms with Gasteiger partial charge in [0.2, 0.25) is 0 Å². The minimum Gasteiger partial charge on any atom is -0.311 e. The smallest absolute Gasteiger partial charge is 0.311 e. The number of rotatable bonds is 6. The number of benzene rings is 1. The first-order chi connectivity index (χ1) is 9.66. The molecule has 20 heavy (non-hydrogen) atoms. The minimum atomic E-state index is -0.307. The van der Waals surface area contributed by atoms with Crippen molar-refractivity contribution in [3.63, 3.8) is 0 Å². The summed E-state index contributed by atoms with van der Waals surface area (Å²) in [5.74, 6) is 0. The number of aromatic nitrogens is 2. The molecule has 1 aromatic heterocycles. The molecule has 1 heterocycles. The maximum absolute atomic E-state index is 11.7. The van der Waals surface area contributed by atoms with Crippen LogP contribution in [0.4, 0.5) is 0 Å². The highest BCUT2D eigenvalue weighted by Crippen LogP contribution is 2.06. The molecule has 1 N–H and O–H groups in total. The molecule has 4 nitrogen and oxygen atoms in total. The van der Waals surface area contributed by atoms with Crippen molar-refractivity contribution in [1.29, 1.82) is 0 Å². The van der Waals surface area contributed by atoms with Crippen molar-refractivity contribution in [3.05, 3.63) is 68.5 Å². The Labute approximate surface area is 118 Å². The zero-order valence-electron chi connectivity index (χ0n) is 11.8. The van der Waals surface area contributed by atoms with Gasteiger partial charge in [0.05, 0.1) is 0 Å². The number of unbranched alkanes of at least 4 members (excludes halogenated alkanes) is 2. The van der Waals surface area contributed by atoms with Crippen LogP contribution < -0.4 is 11.2 Å². The first kappa shape index (κ1) is 14.3. The van der Waals surface area contributed by atoms with Gasteiger partial charge in [0, 0.05) is 18.3 Å². The Morgan fingerprint density at radius 1 is 1.05 bits per heavy atom. The van der Waals surface area contributed by atoms with E-state index in [4.69, 9.17) is 0 Å².